The van der Waals surface area contributed by atoms with Crippen molar-refractivity contribution in [2.24, 2.45) is 0 Å². The summed E-state index contributed by atoms with van der Waals surface area (Å²) in [7, 11) is -2.36. The molecule has 0 saturated carbocycles. The molecule has 0 aliphatic heterocycles. The average molecular weight is 616 g/mol. The molecule has 6 rings (SSSR count). The Morgan fingerprint density at radius 2 is 1.68 bits per heavy atom. The topological polar surface area (TPSA) is 132 Å². The van der Waals surface area contributed by atoms with Crippen LogP contribution in [0.2, 0.25) is 0 Å². The van der Waals surface area contributed by atoms with Crippen molar-refractivity contribution in [2.45, 2.75) is 6.92 Å². The van der Waals surface area contributed by atoms with Crippen LogP contribution in [0.15, 0.2) is 81.6 Å². The predicted octanol–water partition coefficient (Wildman–Crippen LogP) is 6.79. The number of hydrogen-bond donors (Lipinski definition) is 2. The van der Waals surface area contributed by atoms with Gasteiger partial charge in [-0.15, -0.1) is 0 Å². The second-order valence-corrected chi connectivity index (χ2v) is 11.9. The number of benzene rings is 4. The van der Waals surface area contributed by atoms with Crippen LogP contribution in [0.25, 0.3) is 56.0 Å². The molecule has 6 aromatic rings. The zero-order valence-electron chi connectivity index (χ0n) is 23.3. The fourth-order valence-electron chi connectivity index (χ4n) is 4.90. The van der Waals surface area contributed by atoms with Gasteiger partial charge in [-0.25, -0.2) is 22.2 Å². The second kappa shape index (κ2) is 11.0. The van der Waals surface area contributed by atoms with E-state index in [0.29, 0.717) is 33.9 Å². The molecule has 0 radical (unpaired) electrons. The zero-order valence-corrected chi connectivity index (χ0v) is 24.1. The van der Waals surface area contributed by atoms with Crippen LogP contribution >= 0.6 is 0 Å². The van der Waals surface area contributed by atoms with Gasteiger partial charge in [0.15, 0.2) is 11.4 Å². The summed E-state index contributed by atoms with van der Waals surface area (Å²) in [6, 6.07) is 17.3. The molecule has 0 aliphatic rings. The molecule has 2 N–H and O–H groups in total. The Bertz CT molecular complexity index is 2210. The third kappa shape index (κ3) is 5.20. The van der Waals surface area contributed by atoms with Gasteiger partial charge in [0.25, 0.3) is 5.91 Å². The van der Waals surface area contributed by atoms with Crippen LogP contribution < -0.4 is 10.0 Å². The standard InChI is InChI=1S/C32H23F2N3O6S/c1-3-44(40,41)37-25-15-27-23(28(31(39)35-2)30(42-27)18-7-9-21(33)10-8-18)14-22(25)19-11-17(16-38)12-20(13-19)32-36-29-24(34)5-4-6-26(29)43-32/h4-16,37H,3H2,1-2H3,(H,35,39). The number of carbonyl (C=O) groups excluding carboxylic acids is 2. The van der Waals surface area contributed by atoms with Crippen LogP contribution in [-0.4, -0.2) is 38.4 Å². The Balaban J connectivity index is 1.63. The minimum Gasteiger partial charge on any atom is -0.455 e. The molecule has 222 valence electrons. The highest BCUT2D eigenvalue weighted by Gasteiger charge is 2.25. The summed E-state index contributed by atoms with van der Waals surface area (Å²) >= 11 is 0. The van der Waals surface area contributed by atoms with E-state index in [4.69, 9.17) is 8.83 Å². The minimum absolute atomic E-state index is 0.0142. The van der Waals surface area contributed by atoms with E-state index >= 15 is 0 Å². The summed E-state index contributed by atoms with van der Waals surface area (Å²) in [6.45, 7) is 1.47. The Kier molecular flexibility index (Phi) is 7.22. The Morgan fingerprint density at radius 3 is 2.36 bits per heavy atom. The fourth-order valence-corrected chi connectivity index (χ4v) is 5.55. The molecule has 0 fully saturated rings. The largest absolute Gasteiger partial charge is 0.455 e. The lowest BCUT2D eigenvalue weighted by molar-refractivity contribution is 0.0964. The molecule has 9 nitrogen and oxygen atoms in total. The maximum Gasteiger partial charge on any atom is 0.255 e. The molecule has 0 atom stereocenters. The van der Waals surface area contributed by atoms with Crippen LogP contribution in [0.1, 0.15) is 27.6 Å². The maximum atomic E-state index is 14.4. The molecule has 0 bridgehead atoms. The van der Waals surface area contributed by atoms with Gasteiger partial charge in [0.05, 0.1) is 17.0 Å². The molecule has 44 heavy (non-hydrogen) atoms. The van der Waals surface area contributed by atoms with Crippen molar-refractivity contribution >= 4 is 50.0 Å². The van der Waals surface area contributed by atoms with Crippen LogP contribution in [0.3, 0.4) is 0 Å². The number of halogens is 2. The molecule has 0 aliphatic carbocycles. The number of nitrogens with zero attached hydrogens (tertiary/aromatic N) is 1. The summed E-state index contributed by atoms with van der Waals surface area (Å²) in [5, 5.41) is 2.92. The lowest BCUT2D eigenvalue weighted by atomic mass is 9.96. The second-order valence-electron chi connectivity index (χ2n) is 9.86. The van der Waals surface area contributed by atoms with Crippen molar-refractivity contribution < 1.29 is 35.6 Å². The number of nitrogens with one attached hydrogen (secondary N) is 2. The smallest absolute Gasteiger partial charge is 0.255 e. The van der Waals surface area contributed by atoms with Gasteiger partial charge in [0.2, 0.25) is 15.9 Å². The molecule has 4 aromatic carbocycles. The molecule has 0 unspecified atom stereocenters. The minimum atomic E-state index is -3.81. The first-order valence-electron chi connectivity index (χ1n) is 13.4. The molecule has 1 amide bonds. The normalized spacial score (nSPS) is 11.6. The van der Waals surface area contributed by atoms with Gasteiger partial charge in [-0.1, -0.05) is 6.07 Å². The number of aromatic nitrogens is 1. The number of anilines is 1. The number of para-hydroxylation sites is 1. The van der Waals surface area contributed by atoms with Gasteiger partial charge in [-0.2, -0.15) is 0 Å². The van der Waals surface area contributed by atoms with Gasteiger partial charge in [-0.05, 0) is 73.2 Å². The summed E-state index contributed by atoms with van der Waals surface area (Å²) in [5.74, 6) is -1.59. The predicted molar refractivity (Wildman–Crippen MR) is 162 cm³/mol. The molecular formula is C32H23F2N3O6S. The Morgan fingerprint density at radius 1 is 0.932 bits per heavy atom. The number of rotatable bonds is 8. The first kappa shape index (κ1) is 28.7. The van der Waals surface area contributed by atoms with Crippen molar-refractivity contribution in [2.75, 3.05) is 17.5 Å². The lowest BCUT2D eigenvalue weighted by Gasteiger charge is -2.14. The molecule has 2 aromatic heterocycles. The van der Waals surface area contributed by atoms with Gasteiger partial charge in [0, 0.05) is 40.8 Å². The monoisotopic (exact) mass is 615 g/mol. The van der Waals surface area contributed by atoms with E-state index in [2.05, 4.69) is 15.0 Å². The Labute approximate surface area is 249 Å². The quantitative estimate of drug-likeness (QED) is 0.180. The number of sulfonamides is 1. The number of aldehydes is 1. The number of fused-ring (bicyclic) bond motifs is 2. The van der Waals surface area contributed by atoms with E-state index in [0.717, 1.165) is 0 Å². The summed E-state index contributed by atoms with van der Waals surface area (Å²) in [4.78, 5) is 29.4. The summed E-state index contributed by atoms with van der Waals surface area (Å²) < 4.78 is 68.0. The average Bonchev–Trinajstić information content (AvgIpc) is 3.63. The molecular weight excluding hydrogens is 592 g/mol. The van der Waals surface area contributed by atoms with Gasteiger partial charge < -0.3 is 14.2 Å². The number of carbonyl (C=O) groups is 2. The van der Waals surface area contributed by atoms with Crippen molar-refractivity contribution in [3.8, 4) is 33.9 Å². The van der Waals surface area contributed by atoms with Crippen LogP contribution in [0.5, 0.6) is 0 Å². The number of hydrogen-bond acceptors (Lipinski definition) is 7. The SMILES string of the molecule is CCS(=O)(=O)Nc1cc2oc(-c3ccc(F)cc3)c(C(=O)NC)c2cc1-c1cc(C=O)cc(-c2nc3c(F)cccc3o2)c1. The van der Waals surface area contributed by atoms with Crippen LogP contribution in [-0.2, 0) is 10.0 Å². The van der Waals surface area contributed by atoms with E-state index in [1.807, 2.05) is 0 Å². The highest BCUT2D eigenvalue weighted by atomic mass is 32.2. The van der Waals surface area contributed by atoms with E-state index in [-0.39, 0.29) is 50.9 Å². The third-order valence-corrected chi connectivity index (χ3v) is 8.34. The molecule has 12 heteroatoms. The number of amides is 1. The van der Waals surface area contributed by atoms with Crippen molar-refractivity contribution in [1.82, 2.24) is 10.3 Å². The van der Waals surface area contributed by atoms with Gasteiger partial charge >= 0.3 is 0 Å². The molecule has 2 heterocycles. The van der Waals surface area contributed by atoms with E-state index < -0.39 is 27.6 Å². The number of furan rings is 1. The Hall–Kier alpha value is -5.36. The number of oxazole rings is 1. The van der Waals surface area contributed by atoms with Crippen molar-refractivity contribution in [3.05, 3.63) is 95.6 Å². The van der Waals surface area contributed by atoms with Crippen LogP contribution in [0.4, 0.5) is 14.5 Å². The van der Waals surface area contributed by atoms with Gasteiger partial charge in [0.1, 0.15) is 29.0 Å². The highest BCUT2D eigenvalue weighted by Crippen LogP contribution is 2.41. The van der Waals surface area contributed by atoms with Crippen molar-refractivity contribution in [1.29, 1.82) is 0 Å². The highest BCUT2D eigenvalue weighted by molar-refractivity contribution is 7.92. The summed E-state index contributed by atoms with van der Waals surface area (Å²) in [6.07, 6.45) is 0.602. The van der Waals surface area contributed by atoms with E-state index in [9.17, 15) is 26.8 Å². The third-order valence-electron chi connectivity index (χ3n) is 7.05. The fraction of sp³-hybridized carbons (Fsp3) is 0.0938. The van der Waals surface area contributed by atoms with E-state index in [1.165, 1.54) is 68.6 Å². The molecule has 0 saturated heterocycles. The lowest BCUT2D eigenvalue weighted by Crippen LogP contribution is -2.18. The molecule has 0 spiro atoms. The van der Waals surface area contributed by atoms with Gasteiger partial charge in [-0.3, -0.25) is 14.3 Å². The van der Waals surface area contributed by atoms with Crippen molar-refractivity contribution in [3.63, 3.8) is 0 Å². The van der Waals surface area contributed by atoms with Crippen LogP contribution in [0, 0.1) is 11.6 Å². The maximum absolute atomic E-state index is 14.4. The first-order valence-corrected chi connectivity index (χ1v) is 15.0. The van der Waals surface area contributed by atoms with E-state index in [1.54, 1.807) is 18.2 Å². The zero-order chi connectivity index (χ0) is 31.2. The first-order chi connectivity index (χ1) is 21.1. The summed E-state index contributed by atoms with van der Waals surface area (Å²) in [5.41, 5.74) is 2.28.